The molecule has 3 aromatic heterocycles. The van der Waals surface area contributed by atoms with Gasteiger partial charge in [0.2, 0.25) is 11.6 Å². The summed E-state index contributed by atoms with van der Waals surface area (Å²) >= 11 is 2.80. The highest BCUT2D eigenvalue weighted by atomic mass is 32.2. The lowest BCUT2D eigenvalue weighted by Crippen LogP contribution is -2.30. The van der Waals surface area contributed by atoms with E-state index in [4.69, 9.17) is 0 Å². The third kappa shape index (κ3) is 4.08. The highest BCUT2D eigenvalue weighted by Crippen LogP contribution is 2.22. The number of nitrogens with one attached hydrogen (secondary N) is 1. The lowest BCUT2D eigenvalue weighted by molar-refractivity contribution is -0.120. The predicted molar refractivity (Wildman–Crippen MR) is 110 cm³/mol. The van der Waals surface area contributed by atoms with Crippen LogP contribution in [-0.4, -0.2) is 30.3 Å². The van der Waals surface area contributed by atoms with Crippen molar-refractivity contribution in [3.63, 3.8) is 0 Å². The van der Waals surface area contributed by atoms with E-state index in [0.29, 0.717) is 17.4 Å². The van der Waals surface area contributed by atoms with Gasteiger partial charge in [-0.15, -0.1) is 21.5 Å². The monoisotopic (exact) mass is 429 g/mol. The SMILES string of the molecule is C[C@H](Sc1nnc2c(=O)n(-c3ccc(F)cc3)ccn12)C(=O)NCc1cccs1. The number of nitrogens with zero attached hydrogens (tertiary/aromatic N) is 4. The number of carbonyl (C=O) groups is 1. The Kier molecular flexibility index (Phi) is 5.45. The van der Waals surface area contributed by atoms with Crippen molar-refractivity contribution in [2.24, 2.45) is 0 Å². The Morgan fingerprint density at radius 3 is 2.76 bits per heavy atom. The summed E-state index contributed by atoms with van der Waals surface area (Å²) < 4.78 is 16.1. The van der Waals surface area contributed by atoms with Crippen molar-refractivity contribution in [2.75, 3.05) is 0 Å². The molecular weight excluding hydrogens is 413 g/mol. The molecular formula is C19H16FN5O2S2. The van der Waals surface area contributed by atoms with Crippen molar-refractivity contribution in [1.29, 1.82) is 0 Å². The number of hydrogen-bond donors (Lipinski definition) is 1. The van der Waals surface area contributed by atoms with E-state index in [1.807, 2.05) is 17.5 Å². The maximum Gasteiger partial charge on any atom is 0.300 e. The predicted octanol–water partition coefficient (Wildman–Crippen LogP) is 2.88. The standard InChI is InChI=1S/C19H16FN5O2S2/c1-12(17(26)21-11-15-3-2-10-28-15)29-19-23-22-16-18(27)24(8-9-25(16)19)14-6-4-13(20)5-7-14/h2-10,12H,11H2,1H3,(H,21,26)/t12-/m0/s1. The minimum atomic E-state index is -0.415. The van der Waals surface area contributed by atoms with E-state index in [1.165, 1.54) is 40.6 Å². The molecule has 0 fully saturated rings. The second-order valence-corrected chi connectivity index (χ2v) is 8.52. The first kappa shape index (κ1) is 19.3. The molecule has 29 heavy (non-hydrogen) atoms. The molecule has 10 heteroatoms. The van der Waals surface area contributed by atoms with Crippen LogP contribution in [0.25, 0.3) is 11.3 Å². The molecule has 0 aliphatic rings. The summed E-state index contributed by atoms with van der Waals surface area (Å²) in [5.74, 6) is -0.504. The van der Waals surface area contributed by atoms with Gasteiger partial charge in [0.15, 0.2) is 5.16 Å². The highest BCUT2D eigenvalue weighted by molar-refractivity contribution is 8.00. The molecule has 1 aromatic carbocycles. The van der Waals surface area contributed by atoms with Crippen molar-refractivity contribution >= 4 is 34.7 Å². The molecule has 4 rings (SSSR count). The van der Waals surface area contributed by atoms with Gasteiger partial charge in [0.25, 0.3) is 0 Å². The normalized spacial score (nSPS) is 12.2. The molecule has 4 aromatic rings. The molecule has 0 unspecified atom stereocenters. The summed E-state index contributed by atoms with van der Waals surface area (Å²) in [7, 11) is 0. The summed E-state index contributed by atoms with van der Waals surface area (Å²) in [4.78, 5) is 26.2. The first-order valence-corrected chi connectivity index (χ1v) is 10.5. The molecule has 0 radical (unpaired) electrons. The largest absolute Gasteiger partial charge is 0.350 e. The Balaban J connectivity index is 1.52. The van der Waals surface area contributed by atoms with Gasteiger partial charge >= 0.3 is 5.56 Å². The average molecular weight is 430 g/mol. The van der Waals surface area contributed by atoms with Gasteiger partial charge in [0.1, 0.15) is 5.82 Å². The lowest BCUT2D eigenvalue weighted by atomic mass is 10.3. The zero-order chi connectivity index (χ0) is 20.4. The number of benzene rings is 1. The number of carbonyl (C=O) groups excluding carboxylic acids is 1. The summed E-state index contributed by atoms with van der Waals surface area (Å²) in [6, 6.07) is 9.49. The second kappa shape index (κ2) is 8.18. The molecule has 0 saturated heterocycles. The number of amides is 1. The van der Waals surface area contributed by atoms with Gasteiger partial charge in [-0.2, -0.15) is 0 Å². The van der Waals surface area contributed by atoms with Crippen LogP contribution >= 0.6 is 23.1 Å². The first-order chi connectivity index (χ1) is 14.0. The van der Waals surface area contributed by atoms with Gasteiger partial charge < -0.3 is 5.32 Å². The first-order valence-electron chi connectivity index (χ1n) is 8.72. The molecule has 1 N–H and O–H groups in total. The zero-order valence-electron chi connectivity index (χ0n) is 15.3. The molecule has 0 spiro atoms. The van der Waals surface area contributed by atoms with E-state index in [9.17, 15) is 14.0 Å². The van der Waals surface area contributed by atoms with Crippen molar-refractivity contribution in [1.82, 2.24) is 24.5 Å². The van der Waals surface area contributed by atoms with Crippen LogP contribution < -0.4 is 10.9 Å². The maximum atomic E-state index is 13.1. The van der Waals surface area contributed by atoms with Crippen LogP contribution in [0.1, 0.15) is 11.8 Å². The molecule has 7 nitrogen and oxygen atoms in total. The number of fused-ring (bicyclic) bond motifs is 1. The van der Waals surface area contributed by atoms with E-state index in [0.717, 1.165) is 4.88 Å². The third-order valence-electron chi connectivity index (χ3n) is 4.21. The van der Waals surface area contributed by atoms with Gasteiger partial charge in [-0.1, -0.05) is 17.8 Å². The molecule has 1 amide bonds. The molecule has 148 valence electrons. The van der Waals surface area contributed by atoms with Crippen LogP contribution in [0.3, 0.4) is 0 Å². The molecule has 0 bridgehead atoms. The van der Waals surface area contributed by atoms with E-state index < -0.39 is 5.25 Å². The van der Waals surface area contributed by atoms with Crippen LogP contribution in [0.15, 0.2) is 64.1 Å². The third-order valence-corrected chi connectivity index (χ3v) is 6.15. The number of rotatable bonds is 6. The summed E-state index contributed by atoms with van der Waals surface area (Å²) in [6.45, 7) is 2.25. The molecule has 0 aliphatic heterocycles. The van der Waals surface area contributed by atoms with Crippen molar-refractivity contribution in [2.45, 2.75) is 23.9 Å². The Morgan fingerprint density at radius 2 is 2.03 bits per heavy atom. The Labute approximate surface area is 173 Å². The number of thioether (sulfide) groups is 1. The molecule has 0 aliphatic carbocycles. The summed E-state index contributed by atoms with van der Waals surface area (Å²) in [6.07, 6.45) is 3.22. The smallest absolute Gasteiger partial charge is 0.300 e. The van der Waals surface area contributed by atoms with Gasteiger partial charge in [0, 0.05) is 23.0 Å². The van der Waals surface area contributed by atoms with Crippen molar-refractivity contribution < 1.29 is 9.18 Å². The molecule has 0 saturated carbocycles. The topological polar surface area (TPSA) is 81.3 Å². The second-order valence-electron chi connectivity index (χ2n) is 6.18. The van der Waals surface area contributed by atoms with Gasteiger partial charge in [-0.3, -0.25) is 18.6 Å². The quantitative estimate of drug-likeness (QED) is 0.477. The number of aromatic nitrogens is 4. The fourth-order valence-corrected chi connectivity index (χ4v) is 4.19. The van der Waals surface area contributed by atoms with Gasteiger partial charge in [-0.05, 0) is 42.6 Å². The Bertz CT molecular complexity index is 1200. The van der Waals surface area contributed by atoms with E-state index in [-0.39, 0.29) is 22.9 Å². The number of thiophene rings is 1. The van der Waals surface area contributed by atoms with Crippen molar-refractivity contribution in [3.05, 3.63) is 75.2 Å². The van der Waals surface area contributed by atoms with Crippen LogP contribution in [0.5, 0.6) is 0 Å². The van der Waals surface area contributed by atoms with Crippen LogP contribution in [0, 0.1) is 5.82 Å². The van der Waals surface area contributed by atoms with Crippen LogP contribution in [0.4, 0.5) is 4.39 Å². The highest BCUT2D eigenvalue weighted by Gasteiger charge is 2.19. The van der Waals surface area contributed by atoms with Crippen molar-refractivity contribution in [3.8, 4) is 5.69 Å². The van der Waals surface area contributed by atoms with Gasteiger partial charge in [0.05, 0.1) is 11.8 Å². The zero-order valence-corrected chi connectivity index (χ0v) is 16.9. The fraction of sp³-hybridized carbons (Fsp3) is 0.158. The number of halogens is 1. The molecule has 3 heterocycles. The molecule has 1 atom stereocenters. The van der Waals surface area contributed by atoms with Crippen LogP contribution in [-0.2, 0) is 11.3 Å². The Morgan fingerprint density at radius 1 is 1.24 bits per heavy atom. The lowest BCUT2D eigenvalue weighted by Gasteiger charge is -2.10. The average Bonchev–Trinajstić information content (AvgIpc) is 3.38. The van der Waals surface area contributed by atoms with Gasteiger partial charge in [-0.25, -0.2) is 4.39 Å². The van der Waals surface area contributed by atoms with E-state index >= 15 is 0 Å². The Hall–Kier alpha value is -2.98. The number of hydrogen-bond acceptors (Lipinski definition) is 6. The summed E-state index contributed by atoms with van der Waals surface area (Å²) in [5, 5.41) is 12.9. The fourth-order valence-electron chi connectivity index (χ4n) is 2.69. The minimum Gasteiger partial charge on any atom is -0.350 e. The maximum absolute atomic E-state index is 13.1. The minimum absolute atomic E-state index is 0.125. The van der Waals surface area contributed by atoms with Crippen LogP contribution in [0.2, 0.25) is 0 Å². The van der Waals surface area contributed by atoms with E-state index in [1.54, 1.807) is 35.1 Å². The van der Waals surface area contributed by atoms with E-state index in [2.05, 4.69) is 15.5 Å². The summed E-state index contributed by atoms with van der Waals surface area (Å²) in [5.41, 5.74) is 0.274.